The van der Waals surface area contributed by atoms with Crippen molar-refractivity contribution in [1.29, 1.82) is 0 Å². The van der Waals surface area contributed by atoms with E-state index in [9.17, 15) is 9.59 Å². The zero-order valence-electron chi connectivity index (χ0n) is 16.5. The van der Waals surface area contributed by atoms with Crippen LogP contribution in [0.4, 0.5) is 0 Å². The van der Waals surface area contributed by atoms with Crippen LogP contribution in [0, 0.1) is 6.92 Å². The fraction of sp³-hybridized carbons (Fsp3) is 0.409. The SMILES string of the molecule is Cc1cccc(CN2CC[C@@]3(CCn4c3nn(Cc3cccs3)c(=O)c4=O)C2)c1. The Balaban J connectivity index is 1.45. The van der Waals surface area contributed by atoms with Crippen LogP contribution >= 0.6 is 11.3 Å². The van der Waals surface area contributed by atoms with Crippen LogP contribution in [0.2, 0.25) is 0 Å². The monoisotopic (exact) mass is 408 g/mol. The fourth-order valence-corrected chi connectivity index (χ4v) is 5.46. The average molecular weight is 409 g/mol. The van der Waals surface area contributed by atoms with Gasteiger partial charge in [0, 0.05) is 29.9 Å². The van der Waals surface area contributed by atoms with Gasteiger partial charge in [-0.25, -0.2) is 4.68 Å². The summed E-state index contributed by atoms with van der Waals surface area (Å²) in [7, 11) is 0. The summed E-state index contributed by atoms with van der Waals surface area (Å²) >= 11 is 1.58. The molecule has 2 aliphatic heterocycles. The molecule has 0 N–H and O–H groups in total. The van der Waals surface area contributed by atoms with Crippen molar-refractivity contribution < 1.29 is 0 Å². The Morgan fingerprint density at radius 2 is 1.93 bits per heavy atom. The van der Waals surface area contributed by atoms with Gasteiger partial charge in [0.1, 0.15) is 5.82 Å². The Kier molecular flexibility index (Phi) is 4.52. The second-order valence-electron chi connectivity index (χ2n) is 8.30. The number of likely N-dealkylation sites (tertiary alicyclic amines) is 1. The molecule has 1 aromatic carbocycles. The molecule has 0 aliphatic carbocycles. The number of aryl methyl sites for hydroxylation is 1. The molecule has 0 saturated carbocycles. The van der Waals surface area contributed by atoms with Crippen molar-refractivity contribution >= 4 is 11.3 Å². The van der Waals surface area contributed by atoms with E-state index in [0.717, 1.165) is 43.2 Å². The molecular formula is C22H24N4O2S. The summed E-state index contributed by atoms with van der Waals surface area (Å²) < 4.78 is 3.00. The smallest absolute Gasteiger partial charge is 0.298 e. The van der Waals surface area contributed by atoms with Gasteiger partial charge in [-0.15, -0.1) is 11.3 Å². The van der Waals surface area contributed by atoms with Crippen LogP contribution in [0.3, 0.4) is 0 Å². The van der Waals surface area contributed by atoms with Crippen molar-refractivity contribution in [2.75, 3.05) is 13.1 Å². The van der Waals surface area contributed by atoms with Crippen LogP contribution in [-0.2, 0) is 25.0 Å². The second kappa shape index (κ2) is 7.07. The van der Waals surface area contributed by atoms with E-state index in [4.69, 9.17) is 5.10 Å². The Labute approximate surface area is 173 Å². The minimum atomic E-state index is -0.520. The molecular weight excluding hydrogens is 384 g/mol. The van der Waals surface area contributed by atoms with Gasteiger partial charge < -0.3 is 0 Å². The molecule has 4 heterocycles. The summed E-state index contributed by atoms with van der Waals surface area (Å²) in [6, 6.07) is 12.5. The van der Waals surface area contributed by atoms with E-state index in [1.165, 1.54) is 15.8 Å². The summed E-state index contributed by atoms with van der Waals surface area (Å²) in [4.78, 5) is 28.8. The zero-order chi connectivity index (χ0) is 20.0. The minimum absolute atomic E-state index is 0.131. The Morgan fingerprint density at radius 1 is 1.07 bits per heavy atom. The topological polar surface area (TPSA) is 60.1 Å². The van der Waals surface area contributed by atoms with Gasteiger partial charge in [-0.3, -0.25) is 19.1 Å². The maximum Gasteiger partial charge on any atom is 0.332 e. The van der Waals surface area contributed by atoms with Gasteiger partial charge >= 0.3 is 11.1 Å². The van der Waals surface area contributed by atoms with Crippen molar-refractivity contribution in [3.05, 3.63) is 84.3 Å². The second-order valence-corrected chi connectivity index (χ2v) is 9.33. The molecule has 150 valence electrons. The van der Waals surface area contributed by atoms with Gasteiger partial charge in [-0.1, -0.05) is 35.9 Å². The molecule has 3 aromatic rings. The molecule has 7 heteroatoms. The van der Waals surface area contributed by atoms with Gasteiger partial charge in [-0.2, -0.15) is 5.10 Å². The molecule has 0 bridgehead atoms. The quantitative estimate of drug-likeness (QED) is 0.622. The van der Waals surface area contributed by atoms with E-state index in [0.29, 0.717) is 13.1 Å². The first-order chi connectivity index (χ1) is 14.0. The van der Waals surface area contributed by atoms with Crippen molar-refractivity contribution in [3.8, 4) is 0 Å². The van der Waals surface area contributed by atoms with Crippen LogP contribution in [-0.4, -0.2) is 32.3 Å². The molecule has 2 aliphatic rings. The highest BCUT2D eigenvalue weighted by Gasteiger charge is 2.47. The lowest BCUT2D eigenvalue weighted by Crippen LogP contribution is -2.45. The largest absolute Gasteiger partial charge is 0.332 e. The molecule has 1 atom stereocenters. The van der Waals surface area contributed by atoms with Gasteiger partial charge in [0.2, 0.25) is 0 Å². The number of rotatable bonds is 4. The third kappa shape index (κ3) is 3.28. The molecule has 29 heavy (non-hydrogen) atoms. The van der Waals surface area contributed by atoms with E-state index in [1.807, 2.05) is 17.5 Å². The lowest BCUT2D eigenvalue weighted by Gasteiger charge is -2.24. The summed E-state index contributed by atoms with van der Waals surface area (Å²) in [6.07, 6.45) is 1.85. The Hall–Kier alpha value is -2.51. The van der Waals surface area contributed by atoms with E-state index in [1.54, 1.807) is 15.9 Å². The summed E-state index contributed by atoms with van der Waals surface area (Å²) in [5.74, 6) is 0.797. The number of hydrogen-bond acceptors (Lipinski definition) is 5. The van der Waals surface area contributed by atoms with Crippen LogP contribution in [0.5, 0.6) is 0 Å². The normalized spacial score (nSPS) is 21.1. The molecule has 5 rings (SSSR count). The van der Waals surface area contributed by atoms with Gasteiger partial charge in [-0.05, 0) is 43.3 Å². The first-order valence-corrected chi connectivity index (χ1v) is 10.9. The van der Waals surface area contributed by atoms with Crippen molar-refractivity contribution in [2.45, 2.75) is 44.8 Å². The minimum Gasteiger partial charge on any atom is -0.298 e. The molecule has 2 aromatic heterocycles. The third-order valence-electron chi connectivity index (χ3n) is 6.23. The molecule has 0 radical (unpaired) electrons. The highest BCUT2D eigenvalue weighted by Crippen LogP contribution is 2.40. The van der Waals surface area contributed by atoms with E-state index >= 15 is 0 Å². The van der Waals surface area contributed by atoms with E-state index < -0.39 is 11.1 Å². The number of fused-ring (bicyclic) bond motifs is 2. The van der Waals surface area contributed by atoms with Crippen LogP contribution in [0.1, 0.15) is 34.7 Å². The predicted octanol–water partition coefficient (Wildman–Crippen LogP) is 2.37. The van der Waals surface area contributed by atoms with Crippen molar-refractivity contribution in [3.63, 3.8) is 0 Å². The van der Waals surface area contributed by atoms with Gasteiger partial charge in [0.05, 0.1) is 6.54 Å². The van der Waals surface area contributed by atoms with Gasteiger partial charge in [0.25, 0.3) is 0 Å². The fourth-order valence-electron chi connectivity index (χ4n) is 4.78. The van der Waals surface area contributed by atoms with E-state index in [-0.39, 0.29) is 5.41 Å². The molecule has 1 fully saturated rings. The third-order valence-corrected chi connectivity index (χ3v) is 7.09. The van der Waals surface area contributed by atoms with Crippen molar-refractivity contribution in [1.82, 2.24) is 19.2 Å². The summed E-state index contributed by atoms with van der Waals surface area (Å²) in [5.41, 5.74) is 1.50. The average Bonchev–Trinajstić information content (AvgIpc) is 3.42. The van der Waals surface area contributed by atoms with Gasteiger partial charge in [0.15, 0.2) is 0 Å². The highest BCUT2D eigenvalue weighted by molar-refractivity contribution is 7.09. The molecule has 1 spiro atoms. The number of thiophene rings is 1. The number of nitrogens with zero attached hydrogens (tertiary/aromatic N) is 4. The maximum absolute atomic E-state index is 12.7. The number of aromatic nitrogens is 3. The highest BCUT2D eigenvalue weighted by atomic mass is 32.1. The predicted molar refractivity (Wildman–Crippen MR) is 114 cm³/mol. The zero-order valence-corrected chi connectivity index (χ0v) is 17.3. The standard InChI is InChI=1S/C22H24N4O2S/c1-16-4-2-5-17(12-16)13-24-9-7-22(15-24)8-10-25-19(27)20(28)26(23-21(22)25)14-18-6-3-11-29-18/h2-6,11-12H,7-10,13-15H2,1H3/t22-/m1/s1. The summed E-state index contributed by atoms with van der Waals surface area (Å²) in [6.45, 7) is 5.84. The lowest BCUT2D eigenvalue weighted by atomic mass is 9.85. The first kappa shape index (κ1) is 18.5. The van der Waals surface area contributed by atoms with Crippen molar-refractivity contribution in [2.24, 2.45) is 0 Å². The number of hydrogen-bond donors (Lipinski definition) is 0. The molecule has 1 saturated heterocycles. The van der Waals surface area contributed by atoms with Crippen LogP contribution in [0.25, 0.3) is 0 Å². The van der Waals surface area contributed by atoms with Crippen LogP contribution < -0.4 is 11.1 Å². The Morgan fingerprint density at radius 3 is 2.72 bits per heavy atom. The maximum atomic E-state index is 12.7. The molecule has 0 amide bonds. The summed E-state index contributed by atoms with van der Waals surface area (Å²) in [5, 5.41) is 6.70. The van der Waals surface area contributed by atoms with E-state index in [2.05, 4.69) is 36.1 Å². The Bertz CT molecular complexity index is 1160. The first-order valence-electron chi connectivity index (χ1n) is 10.1. The molecule has 6 nitrogen and oxygen atoms in total. The van der Waals surface area contributed by atoms with Crippen LogP contribution in [0.15, 0.2) is 51.4 Å². The lowest BCUT2D eigenvalue weighted by molar-refractivity contribution is 0.298. The number of benzene rings is 1. The molecule has 0 unspecified atom stereocenters.